The smallest absolute Gasteiger partial charge is 0.243 e. The van der Waals surface area contributed by atoms with Crippen molar-refractivity contribution >= 4 is 5.91 Å². The summed E-state index contributed by atoms with van der Waals surface area (Å²) in [4.78, 5) is 15.2. The molecule has 3 heteroatoms. The molecule has 1 aliphatic carbocycles. The lowest BCUT2D eigenvalue weighted by molar-refractivity contribution is -0.116. The molecular formula is C29H38N2O. The van der Waals surface area contributed by atoms with Crippen LogP contribution in [-0.4, -0.2) is 30.4 Å². The summed E-state index contributed by atoms with van der Waals surface area (Å²) in [5.41, 5.74) is 5.40. The topological polar surface area (TPSA) is 32.3 Å². The molecule has 32 heavy (non-hydrogen) atoms. The van der Waals surface area contributed by atoms with E-state index in [2.05, 4.69) is 53.5 Å². The van der Waals surface area contributed by atoms with Gasteiger partial charge in [-0.3, -0.25) is 9.69 Å². The van der Waals surface area contributed by atoms with E-state index in [0.717, 1.165) is 19.3 Å². The Bertz CT molecular complexity index is 871. The molecule has 0 aromatic heterocycles. The molecule has 1 amide bonds. The molecule has 0 radical (unpaired) electrons. The van der Waals surface area contributed by atoms with Gasteiger partial charge < -0.3 is 5.32 Å². The van der Waals surface area contributed by atoms with Gasteiger partial charge in [0, 0.05) is 18.7 Å². The average Bonchev–Trinajstić information content (AvgIpc) is 2.83. The predicted molar refractivity (Wildman–Crippen MR) is 133 cm³/mol. The fourth-order valence-electron chi connectivity index (χ4n) is 5.42. The van der Waals surface area contributed by atoms with Crippen molar-refractivity contribution in [3.05, 3.63) is 82.9 Å². The minimum absolute atomic E-state index is 0.0699. The van der Waals surface area contributed by atoms with E-state index in [9.17, 15) is 4.79 Å². The quantitative estimate of drug-likeness (QED) is 0.547. The largest absolute Gasteiger partial charge is 0.352 e. The van der Waals surface area contributed by atoms with Crippen molar-refractivity contribution in [3.63, 3.8) is 0 Å². The Morgan fingerprint density at radius 1 is 1.00 bits per heavy atom. The summed E-state index contributed by atoms with van der Waals surface area (Å²) in [6.45, 7) is 5.31. The van der Waals surface area contributed by atoms with Gasteiger partial charge in [-0.1, -0.05) is 72.2 Å². The van der Waals surface area contributed by atoms with E-state index in [0.29, 0.717) is 18.5 Å². The van der Waals surface area contributed by atoms with E-state index < -0.39 is 0 Å². The number of aryl methyl sites for hydroxylation is 1. The predicted octanol–water partition coefficient (Wildman–Crippen LogP) is 6.00. The van der Waals surface area contributed by atoms with Crippen LogP contribution in [0.3, 0.4) is 0 Å². The molecule has 2 fully saturated rings. The number of rotatable bonds is 7. The highest BCUT2D eigenvalue weighted by Gasteiger charge is 2.31. The highest BCUT2D eigenvalue weighted by atomic mass is 16.1. The summed E-state index contributed by atoms with van der Waals surface area (Å²) in [5, 5.41) is 3.07. The number of nitrogens with zero attached hydrogens (tertiary/aromatic N) is 1. The molecule has 170 valence electrons. The third-order valence-corrected chi connectivity index (χ3v) is 7.21. The SMILES string of the molecule is Cc1ccc(C(C2CCC(=CC(=O)NCCc3ccccc3)CC2)N2CCCCC2)cc1. The number of benzene rings is 2. The Kier molecular flexibility index (Phi) is 8.17. The maximum atomic E-state index is 12.4. The van der Waals surface area contributed by atoms with Crippen molar-refractivity contribution in [2.75, 3.05) is 19.6 Å². The first-order valence-electron chi connectivity index (χ1n) is 12.5. The van der Waals surface area contributed by atoms with Gasteiger partial charge >= 0.3 is 0 Å². The Labute approximate surface area is 193 Å². The van der Waals surface area contributed by atoms with Crippen molar-refractivity contribution in [2.45, 2.75) is 64.3 Å². The minimum atomic E-state index is 0.0699. The number of piperidine rings is 1. The molecule has 2 aromatic carbocycles. The lowest BCUT2D eigenvalue weighted by atomic mass is 9.78. The number of amides is 1. The zero-order valence-corrected chi connectivity index (χ0v) is 19.6. The van der Waals surface area contributed by atoms with Crippen LogP contribution < -0.4 is 5.32 Å². The molecule has 1 saturated heterocycles. The molecule has 1 atom stereocenters. The number of likely N-dealkylation sites (tertiary alicyclic amines) is 1. The Hall–Kier alpha value is -2.39. The van der Waals surface area contributed by atoms with Gasteiger partial charge in [-0.25, -0.2) is 0 Å². The number of nitrogens with one attached hydrogen (secondary N) is 1. The van der Waals surface area contributed by atoms with Crippen LogP contribution in [0, 0.1) is 12.8 Å². The maximum Gasteiger partial charge on any atom is 0.243 e. The Balaban J connectivity index is 1.32. The zero-order valence-electron chi connectivity index (χ0n) is 19.6. The molecule has 2 aliphatic rings. The lowest BCUT2D eigenvalue weighted by Crippen LogP contribution is -2.38. The van der Waals surface area contributed by atoms with Gasteiger partial charge in [0.1, 0.15) is 0 Å². The molecule has 1 heterocycles. The van der Waals surface area contributed by atoms with Crippen molar-refractivity contribution in [3.8, 4) is 0 Å². The molecule has 3 nitrogen and oxygen atoms in total. The van der Waals surface area contributed by atoms with Crippen LogP contribution in [0.25, 0.3) is 0 Å². The normalized spacial score (nSPS) is 20.5. The fourth-order valence-corrected chi connectivity index (χ4v) is 5.42. The van der Waals surface area contributed by atoms with Gasteiger partial charge in [0.05, 0.1) is 0 Å². The lowest BCUT2D eigenvalue weighted by Gasteiger charge is -2.41. The summed E-state index contributed by atoms with van der Waals surface area (Å²) in [5.74, 6) is 0.745. The van der Waals surface area contributed by atoms with E-state index in [-0.39, 0.29) is 5.91 Å². The third kappa shape index (κ3) is 6.32. The van der Waals surface area contributed by atoms with Crippen molar-refractivity contribution in [2.24, 2.45) is 5.92 Å². The van der Waals surface area contributed by atoms with E-state index in [1.165, 1.54) is 67.5 Å². The number of carbonyl (C=O) groups excluding carboxylic acids is 1. The monoisotopic (exact) mass is 430 g/mol. The summed E-state index contributed by atoms with van der Waals surface area (Å²) in [6, 6.07) is 20.1. The van der Waals surface area contributed by atoms with Crippen LogP contribution >= 0.6 is 0 Å². The second-order valence-corrected chi connectivity index (χ2v) is 9.62. The maximum absolute atomic E-state index is 12.4. The minimum Gasteiger partial charge on any atom is -0.352 e. The molecule has 1 unspecified atom stereocenters. The third-order valence-electron chi connectivity index (χ3n) is 7.21. The van der Waals surface area contributed by atoms with E-state index in [1.807, 2.05) is 24.3 Å². The van der Waals surface area contributed by atoms with Crippen LogP contribution in [0.4, 0.5) is 0 Å². The van der Waals surface area contributed by atoms with Gasteiger partial charge in [-0.15, -0.1) is 0 Å². The number of carbonyl (C=O) groups is 1. The fraction of sp³-hybridized carbons (Fsp3) is 0.483. The first-order valence-corrected chi connectivity index (χ1v) is 12.5. The average molecular weight is 431 g/mol. The van der Waals surface area contributed by atoms with Crippen LogP contribution in [-0.2, 0) is 11.2 Å². The van der Waals surface area contributed by atoms with Crippen LogP contribution in [0.5, 0.6) is 0 Å². The van der Waals surface area contributed by atoms with Crippen molar-refractivity contribution in [1.82, 2.24) is 10.2 Å². The summed E-state index contributed by atoms with van der Waals surface area (Å²) >= 11 is 0. The zero-order chi connectivity index (χ0) is 22.2. The van der Waals surface area contributed by atoms with Gasteiger partial charge in [0.25, 0.3) is 0 Å². The molecule has 1 N–H and O–H groups in total. The highest BCUT2D eigenvalue weighted by molar-refractivity contribution is 5.88. The summed E-state index contributed by atoms with van der Waals surface area (Å²) < 4.78 is 0. The van der Waals surface area contributed by atoms with Gasteiger partial charge in [-0.05, 0) is 82.0 Å². The van der Waals surface area contributed by atoms with E-state index in [1.54, 1.807) is 0 Å². The molecule has 4 rings (SSSR count). The van der Waals surface area contributed by atoms with Crippen LogP contribution in [0.15, 0.2) is 66.2 Å². The molecule has 0 spiro atoms. The highest BCUT2D eigenvalue weighted by Crippen LogP contribution is 2.41. The Morgan fingerprint density at radius 3 is 2.38 bits per heavy atom. The molecule has 1 aliphatic heterocycles. The van der Waals surface area contributed by atoms with Crippen LogP contribution in [0.1, 0.15) is 67.7 Å². The molecule has 1 saturated carbocycles. The molecule has 2 aromatic rings. The first kappa shape index (κ1) is 22.8. The number of hydrogen-bond acceptors (Lipinski definition) is 2. The first-order chi connectivity index (χ1) is 15.7. The van der Waals surface area contributed by atoms with Gasteiger partial charge in [0.2, 0.25) is 5.91 Å². The molecule has 0 bridgehead atoms. The van der Waals surface area contributed by atoms with E-state index in [4.69, 9.17) is 0 Å². The van der Waals surface area contributed by atoms with Gasteiger partial charge in [-0.2, -0.15) is 0 Å². The van der Waals surface area contributed by atoms with E-state index >= 15 is 0 Å². The van der Waals surface area contributed by atoms with Gasteiger partial charge in [0.15, 0.2) is 0 Å². The van der Waals surface area contributed by atoms with Crippen LogP contribution in [0.2, 0.25) is 0 Å². The second-order valence-electron chi connectivity index (χ2n) is 9.62. The van der Waals surface area contributed by atoms with Crippen molar-refractivity contribution in [1.29, 1.82) is 0 Å². The Morgan fingerprint density at radius 2 is 1.69 bits per heavy atom. The summed E-state index contributed by atoms with van der Waals surface area (Å²) in [7, 11) is 0. The number of allylic oxidation sites excluding steroid dienone is 1. The second kappa shape index (κ2) is 11.5. The van der Waals surface area contributed by atoms with Crippen molar-refractivity contribution < 1.29 is 4.79 Å². The standard InChI is InChI=1S/C29H38N2O/c1-23-10-14-26(15-11-23)29(31-20-6-3-7-21-31)27-16-12-25(13-17-27)22-28(32)30-19-18-24-8-4-2-5-9-24/h2,4-5,8-11,14-15,22,27,29H,3,6-7,12-13,16-21H2,1H3,(H,30,32). The molecular weight excluding hydrogens is 392 g/mol. The summed E-state index contributed by atoms with van der Waals surface area (Å²) in [6.07, 6.45) is 11.2. The number of hydrogen-bond donors (Lipinski definition) is 1.